The lowest BCUT2D eigenvalue weighted by atomic mass is 10.0. The molecular formula is C20H22BrNO4. The molecule has 3 rings (SSSR count). The molecule has 5 nitrogen and oxygen atoms in total. The first-order valence-corrected chi connectivity index (χ1v) is 9.24. The Kier molecular flexibility index (Phi) is 5.71. The third-order valence-electron chi connectivity index (χ3n) is 4.62. The van der Waals surface area contributed by atoms with Crippen LogP contribution in [0.15, 0.2) is 46.9 Å². The van der Waals surface area contributed by atoms with Crippen LogP contribution in [0.5, 0.6) is 11.5 Å². The van der Waals surface area contributed by atoms with Crippen LogP contribution in [-0.2, 0) is 11.2 Å². The minimum atomic E-state index is -0.280. The van der Waals surface area contributed by atoms with Gasteiger partial charge in [-0.3, -0.25) is 0 Å². The fourth-order valence-corrected chi connectivity index (χ4v) is 3.40. The van der Waals surface area contributed by atoms with Crippen LogP contribution >= 0.6 is 15.9 Å². The van der Waals surface area contributed by atoms with Gasteiger partial charge in [0.2, 0.25) is 0 Å². The van der Waals surface area contributed by atoms with Crippen LogP contribution in [-0.4, -0.2) is 37.8 Å². The molecule has 0 radical (unpaired) electrons. The number of benzene rings is 2. The summed E-state index contributed by atoms with van der Waals surface area (Å²) in [5.41, 5.74) is 2.03. The number of hydrogen-bond donors (Lipinski definition) is 0. The highest BCUT2D eigenvalue weighted by Gasteiger charge is 2.35. The molecule has 1 aliphatic heterocycles. The zero-order valence-electron chi connectivity index (χ0n) is 15.1. The van der Waals surface area contributed by atoms with Crippen molar-refractivity contribution < 1.29 is 19.0 Å². The van der Waals surface area contributed by atoms with Gasteiger partial charge in [-0.15, -0.1) is 0 Å². The van der Waals surface area contributed by atoms with Crippen LogP contribution in [0.1, 0.15) is 24.2 Å². The highest BCUT2D eigenvalue weighted by molar-refractivity contribution is 9.10. The molecule has 1 aliphatic rings. The van der Waals surface area contributed by atoms with Crippen molar-refractivity contribution in [2.24, 2.45) is 0 Å². The second-order valence-corrected chi connectivity index (χ2v) is 7.22. The first kappa shape index (κ1) is 18.6. The molecule has 0 aromatic heterocycles. The average molecular weight is 420 g/mol. The quantitative estimate of drug-likeness (QED) is 0.686. The van der Waals surface area contributed by atoms with E-state index in [2.05, 4.69) is 15.9 Å². The van der Waals surface area contributed by atoms with Gasteiger partial charge < -0.3 is 19.1 Å². The molecule has 2 atom stereocenters. The molecule has 1 heterocycles. The molecule has 2 aromatic rings. The van der Waals surface area contributed by atoms with Crippen molar-refractivity contribution in [1.29, 1.82) is 0 Å². The lowest BCUT2D eigenvalue weighted by Crippen LogP contribution is -2.35. The van der Waals surface area contributed by atoms with Gasteiger partial charge in [0.1, 0.15) is 17.6 Å². The highest BCUT2D eigenvalue weighted by atomic mass is 79.9. The number of hydrogen-bond acceptors (Lipinski definition) is 4. The van der Waals surface area contributed by atoms with E-state index < -0.39 is 0 Å². The summed E-state index contributed by atoms with van der Waals surface area (Å²) in [6, 6.07) is 13.6. The Hall–Kier alpha value is -2.21. The third-order valence-corrected chi connectivity index (χ3v) is 5.15. The van der Waals surface area contributed by atoms with Gasteiger partial charge >= 0.3 is 6.09 Å². The van der Waals surface area contributed by atoms with Gasteiger partial charge in [-0.25, -0.2) is 4.79 Å². The average Bonchev–Trinajstić information content (AvgIpc) is 3.04. The Bertz CT molecular complexity index is 778. The fraction of sp³-hybridized carbons (Fsp3) is 0.350. The van der Waals surface area contributed by atoms with E-state index in [0.29, 0.717) is 13.0 Å². The van der Waals surface area contributed by atoms with E-state index in [1.165, 1.54) is 0 Å². The number of rotatable bonds is 6. The Morgan fingerprint density at radius 3 is 2.58 bits per heavy atom. The van der Waals surface area contributed by atoms with Gasteiger partial charge in [-0.05, 0) is 42.7 Å². The van der Waals surface area contributed by atoms with Crippen molar-refractivity contribution in [3.8, 4) is 11.5 Å². The van der Waals surface area contributed by atoms with Crippen molar-refractivity contribution in [3.05, 3.63) is 58.1 Å². The Labute approximate surface area is 162 Å². The molecule has 138 valence electrons. The number of ether oxygens (including phenoxy) is 3. The monoisotopic (exact) mass is 419 g/mol. The van der Waals surface area contributed by atoms with E-state index in [4.69, 9.17) is 14.2 Å². The Morgan fingerprint density at radius 2 is 1.92 bits per heavy atom. The predicted molar refractivity (Wildman–Crippen MR) is 103 cm³/mol. The number of halogens is 1. The smallest absolute Gasteiger partial charge is 0.410 e. The maximum Gasteiger partial charge on any atom is 0.410 e. The maximum atomic E-state index is 12.4. The summed E-state index contributed by atoms with van der Waals surface area (Å²) in [4.78, 5) is 14.1. The third kappa shape index (κ3) is 3.96. The van der Waals surface area contributed by atoms with E-state index in [1.54, 1.807) is 19.1 Å². The molecular weight excluding hydrogens is 398 g/mol. The van der Waals surface area contributed by atoms with E-state index in [-0.39, 0.29) is 18.2 Å². The standard InChI is InChI=1S/C20H22BrNO4/c1-13(10-15-6-9-17(24-2)11-18(15)25-3)22-12-19(26-20(22)23)14-4-7-16(21)8-5-14/h4-9,11,13,19H,10,12H2,1-3H3/t13-,19+/m1/s1. The molecule has 0 spiro atoms. The number of carbonyl (C=O) groups is 1. The van der Waals surface area contributed by atoms with Crippen molar-refractivity contribution in [2.45, 2.75) is 25.5 Å². The van der Waals surface area contributed by atoms with Crippen LogP contribution < -0.4 is 9.47 Å². The summed E-state index contributed by atoms with van der Waals surface area (Å²) in [5, 5.41) is 0. The van der Waals surface area contributed by atoms with Crippen molar-refractivity contribution in [3.63, 3.8) is 0 Å². The molecule has 1 amide bonds. The molecule has 0 N–H and O–H groups in total. The summed E-state index contributed by atoms with van der Waals surface area (Å²) < 4.78 is 17.3. The molecule has 6 heteroatoms. The zero-order chi connectivity index (χ0) is 18.7. The lowest BCUT2D eigenvalue weighted by molar-refractivity contribution is 0.129. The minimum absolute atomic E-state index is 0.00903. The minimum Gasteiger partial charge on any atom is -0.497 e. The van der Waals surface area contributed by atoms with Crippen molar-refractivity contribution in [1.82, 2.24) is 4.90 Å². The topological polar surface area (TPSA) is 48.0 Å². The van der Waals surface area contributed by atoms with E-state index in [9.17, 15) is 4.79 Å². The van der Waals surface area contributed by atoms with Gasteiger partial charge in [0, 0.05) is 16.6 Å². The number of cyclic esters (lactones) is 1. The first-order chi connectivity index (χ1) is 12.5. The highest BCUT2D eigenvalue weighted by Crippen LogP contribution is 2.31. The van der Waals surface area contributed by atoms with Gasteiger partial charge in [0.15, 0.2) is 0 Å². The first-order valence-electron chi connectivity index (χ1n) is 8.45. The molecule has 0 unspecified atom stereocenters. The molecule has 1 saturated heterocycles. The molecule has 0 aliphatic carbocycles. The molecule has 26 heavy (non-hydrogen) atoms. The molecule has 0 saturated carbocycles. The van der Waals surface area contributed by atoms with E-state index in [0.717, 1.165) is 27.1 Å². The summed E-state index contributed by atoms with van der Waals surface area (Å²) in [6.07, 6.45) is 0.156. The summed E-state index contributed by atoms with van der Waals surface area (Å²) in [5.74, 6) is 1.50. The van der Waals surface area contributed by atoms with Gasteiger partial charge in [-0.2, -0.15) is 0 Å². The lowest BCUT2D eigenvalue weighted by Gasteiger charge is -2.23. The van der Waals surface area contributed by atoms with Gasteiger partial charge in [-0.1, -0.05) is 34.1 Å². The Morgan fingerprint density at radius 1 is 1.19 bits per heavy atom. The van der Waals surface area contributed by atoms with Crippen LogP contribution in [0, 0.1) is 0 Å². The largest absolute Gasteiger partial charge is 0.497 e. The van der Waals surface area contributed by atoms with E-state index in [1.807, 2.05) is 49.4 Å². The number of carbonyl (C=O) groups excluding carboxylic acids is 1. The number of methoxy groups -OCH3 is 2. The van der Waals surface area contributed by atoms with Crippen LogP contribution in [0.4, 0.5) is 4.79 Å². The predicted octanol–water partition coefficient (Wildman–Crippen LogP) is 4.59. The molecule has 2 aromatic carbocycles. The van der Waals surface area contributed by atoms with Crippen molar-refractivity contribution in [2.75, 3.05) is 20.8 Å². The number of nitrogens with zero attached hydrogens (tertiary/aromatic N) is 1. The van der Waals surface area contributed by atoms with Crippen LogP contribution in [0.2, 0.25) is 0 Å². The van der Waals surface area contributed by atoms with Gasteiger partial charge in [0.05, 0.1) is 20.8 Å². The normalized spacial score (nSPS) is 17.8. The summed E-state index contributed by atoms with van der Waals surface area (Å²) in [7, 11) is 3.26. The second-order valence-electron chi connectivity index (χ2n) is 6.31. The van der Waals surface area contributed by atoms with E-state index >= 15 is 0 Å². The van der Waals surface area contributed by atoms with Crippen molar-refractivity contribution >= 4 is 22.0 Å². The molecule has 0 bridgehead atoms. The SMILES string of the molecule is COc1ccc(C[C@@H](C)N2C[C@@H](c3ccc(Br)cc3)OC2=O)c(OC)c1. The molecule has 1 fully saturated rings. The zero-order valence-corrected chi connectivity index (χ0v) is 16.7. The van der Waals surface area contributed by atoms with Crippen LogP contribution in [0.25, 0.3) is 0 Å². The number of amides is 1. The van der Waals surface area contributed by atoms with Gasteiger partial charge in [0.25, 0.3) is 0 Å². The summed E-state index contributed by atoms with van der Waals surface area (Å²) >= 11 is 3.42. The fourth-order valence-electron chi connectivity index (χ4n) is 3.14. The summed E-state index contributed by atoms with van der Waals surface area (Å²) in [6.45, 7) is 2.56. The Balaban J connectivity index is 1.71. The maximum absolute atomic E-state index is 12.4. The van der Waals surface area contributed by atoms with Crippen LogP contribution in [0.3, 0.4) is 0 Å². The second kappa shape index (κ2) is 7.99.